The van der Waals surface area contributed by atoms with Gasteiger partial charge in [0.15, 0.2) is 5.82 Å². The van der Waals surface area contributed by atoms with E-state index in [-0.39, 0.29) is 6.03 Å². The molecule has 0 atom stereocenters. The van der Waals surface area contributed by atoms with Gasteiger partial charge in [-0.1, -0.05) is 35.5 Å². The van der Waals surface area contributed by atoms with E-state index in [1.807, 2.05) is 40.6 Å². The maximum Gasteiger partial charge on any atom is 0.317 e. The van der Waals surface area contributed by atoms with Crippen molar-refractivity contribution in [1.29, 1.82) is 0 Å². The summed E-state index contributed by atoms with van der Waals surface area (Å²) in [5.74, 6) is 1.86. The van der Waals surface area contributed by atoms with Gasteiger partial charge in [0.1, 0.15) is 5.01 Å². The lowest BCUT2D eigenvalue weighted by Crippen LogP contribution is -2.44. The maximum atomic E-state index is 12.5. The van der Waals surface area contributed by atoms with Gasteiger partial charge in [-0.15, -0.1) is 11.3 Å². The van der Waals surface area contributed by atoms with E-state index in [4.69, 9.17) is 4.52 Å². The first-order chi connectivity index (χ1) is 13.7. The molecule has 2 amide bonds. The zero-order chi connectivity index (χ0) is 19.3. The van der Waals surface area contributed by atoms with Gasteiger partial charge in [-0.3, -0.25) is 0 Å². The van der Waals surface area contributed by atoms with Crippen molar-refractivity contribution in [1.82, 2.24) is 25.3 Å². The van der Waals surface area contributed by atoms with Gasteiger partial charge in [-0.25, -0.2) is 9.78 Å². The second-order valence-electron chi connectivity index (χ2n) is 7.03. The van der Waals surface area contributed by atoms with Gasteiger partial charge in [-0.2, -0.15) is 4.98 Å². The number of benzene rings is 1. The molecule has 8 heteroatoms. The lowest BCUT2D eigenvalue weighted by Gasteiger charge is -2.31. The number of carbonyl (C=O) groups excluding carboxylic acids is 1. The topological polar surface area (TPSA) is 84.2 Å². The number of thiazole rings is 1. The van der Waals surface area contributed by atoms with Gasteiger partial charge in [-0.05, 0) is 18.8 Å². The van der Waals surface area contributed by atoms with Crippen LogP contribution in [-0.4, -0.2) is 39.1 Å². The van der Waals surface area contributed by atoms with Crippen molar-refractivity contribution in [2.75, 3.05) is 13.1 Å². The molecule has 7 nitrogen and oxygen atoms in total. The van der Waals surface area contributed by atoms with Crippen molar-refractivity contribution in [2.45, 2.75) is 32.7 Å². The van der Waals surface area contributed by atoms with Crippen LogP contribution < -0.4 is 5.32 Å². The van der Waals surface area contributed by atoms with Crippen LogP contribution in [0.25, 0.3) is 10.6 Å². The highest BCUT2D eigenvalue weighted by Crippen LogP contribution is 2.23. The molecule has 0 spiro atoms. The van der Waals surface area contributed by atoms with Crippen LogP contribution >= 0.6 is 11.3 Å². The summed E-state index contributed by atoms with van der Waals surface area (Å²) in [6.07, 6.45) is 2.72. The number of hydrogen-bond acceptors (Lipinski definition) is 6. The van der Waals surface area contributed by atoms with Crippen LogP contribution in [0.2, 0.25) is 0 Å². The molecule has 1 aromatic carbocycles. The average molecular weight is 398 g/mol. The molecule has 1 aliphatic heterocycles. The third kappa shape index (κ3) is 4.56. The number of aromatic nitrogens is 3. The van der Waals surface area contributed by atoms with Gasteiger partial charge in [0.05, 0.1) is 12.2 Å². The molecule has 4 rings (SSSR count). The molecule has 0 bridgehead atoms. The van der Waals surface area contributed by atoms with E-state index in [0.29, 0.717) is 18.4 Å². The number of amides is 2. The predicted octanol–water partition coefficient (Wildman–Crippen LogP) is 3.67. The third-order valence-corrected chi connectivity index (χ3v) is 5.88. The predicted molar refractivity (Wildman–Crippen MR) is 107 cm³/mol. The minimum atomic E-state index is -0.0249. The van der Waals surface area contributed by atoms with Crippen molar-refractivity contribution in [3.8, 4) is 10.6 Å². The van der Waals surface area contributed by atoms with Crippen LogP contribution in [0.5, 0.6) is 0 Å². The molecule has 3 aromatic rings. The van der Waals surface area contributed by atoms with Crippen LogP contribution in [-0.2, 0) is 13.0 Å². The summed E-state index contributed by atoms with van der Waals surface area (Å²) in [4.78, 5) is 23.2. The molecule has 0 unspecified atom stereocenters. The Labute approximate surface area is 167 Å². The molecule has 1 fully saturated rings. The maximum absolute atomic E-state index is 12.5. The molecule has 3 heterocycles. The fourth-order valence-corrected chi connectivity index (χ4v) is 4.23. The van der Waals surface area contributed by atoms with Gasteiger partial charge >= 0.3 is 6.03 Å². The summed E-state index contributed by atoms with van der Waals surface area (Å²) in [6, 6.07) is 10.1. The summed E-state index contributed by atoms with van der Waals surface area (Å²) in [6.45, 7) is 3.75. The second kappa shape index (κ2) is 8.52. The van der Waals surface area contributed by atoms with Gasteiger partial charge in [0.25, 0.3) is 0 Å². The summed E-state index contributed by atoms with van der Waals surface area (Å²) >= 11 is 1.60. The molecule has 146 valence electrons. The van der Waals surface area contributed by atoms with E-state index < -0.39 is 0 Å². The van der Waals surface area contributed by atoms with Crippen LogP contribution in [0.3, 0.4) is 0 Å². The SMILES string of the molecule is Cc1nc(CC2CCN(C(=O)NCc3csc(-c4ccccc4)n3)CC2)no1. The number of carbonyl (C=O) groups is 1. The molecule has 1 aliphatic rings. The van der Waals surface area contributed by atoms with Crippen molar-refractivity contribution < 1.29 is 9.32 Å². The Balaban J connectivity index is 1.23. The fraction of sp³-hybridized carbons (Fsp3) is 0.400. The number of nitrogens with one attached hydrogen (secondary N) is 1. The van der Waals surface area contributed by atoms with Crippen LogP contribution in [0.15, 0.2) is 40.2 Å². The molecular weight excluding hydrogens is 374 g/mol. The summed E-state index contributed by atoms with van der Waals surface area (Å²) in [5.41, 5.74) is 1.99. The first kappa shape index (κ1) is 18.6. The summed E-state index contributed by atoms with van der Waals surface area (Å²) in [7, 11) is 0. The molecule has 0 saturated carbocycles. The minimum absolute atomic E-state index is 0.0249. The van der Waals surface area contributed by atoms with E-state index in [1.54, 1.807) is 18.3 Å². The van der Waals surface area contributed by atoms with E-state index in [0.717, 1.165) is 54.4 Å². The molecule has 0 aliphatic carbocycles. The first-order valence-corrected chi connectivity index (χ1v) is 10.4. The second-order valence-corrected chi connectivity index (χ2v) is 7.89. The Morgan fingerprint density at radius 3 is 2.75 bits per heavy atom. The number of urea groups is 1. The van der Waals surface area contributed by atoms with Gasteiger partial charge in [0, 0.05) is 37.4 Å². The molecule has 0 radical (unpaired) electrons. The highest BCUT2D eigenvalue weighted by atomic mass is 32.1. The van der Waals surface area contributed by atoms with Crippen LogP contribution in [0.4, 0.5) is 4.79 Å². The molecule has 1 saturated heterocycles. The monoisotopic (exact) mass is 397 g/mol. The smallest absolute Gasteiger partial charge is 0.317 e. The Kier molecular flexibility index (Phi) is 5.66. The quantitative estimate of drug-likeness (QED) is 0.710. The first-order valence-electron chi connectivity index (χ1n) is 9.49. The number of nitrogens with zero attached hydrogens (tertiary/aromatic N) is 4. The highest BCUT2D eigenvalue weighted by molar-refractivity contribution is 7.13. The Hall–Kier alpha value is -2.74. The molecule has 1 N–H and O–H groups in total. The van der Waals surface area contributed by atoms with Crippen molar-refractivity contribution in [3.05, 3.63) is 53.1 Å². The lowest BCUT2D eigenvalue weighted by molar-refractivity contribution is 0.169. The van der Waals surface area contributed by atoms with E-state index in [1.165, 1.54) is 0 Å². The van der Waals surface area contributed by atoms with Crippen molar-refractivity contribution in [2.24, 2.45) is 5.92 Å². The Morgan fingerprint density at radius 2 is 2.04 bits per heavy atom. The molecular formula is C20H23N5O2S. The Bertz CT molecular complexity index is 916. The average Bonchev–Trinajstić information content (AvgIpc) is 3.36. The number of piperidine rings is 1. The zero-order valence-electron chi connectivity index (χ0n) is 15.8. The molecule has 28 heavy (non-hydrogen) atoms. The summed E-state index contributed by atoms with van der Waals surface area (Å²) < 4.78 is 5.03. The fourth-order valence-electron chi connectivity index (χ4n) is 3.40. The number of aryl methyl sites for hydroxylation is 1. The standard InChI is InChI=1S/C20H23N5O2S/c1-14-22-18(24-27-14)11-15-7-9-25(10-8-15)20(26)21-12-17-13-28-19(23-17)16-5-3-2-4-6-16/h2-6,13,15H,7-12H2,1H3,(H,21,26). The van der Waals surface area contributed by atoms with E-state index in [9.17, 15) is 4.79 Å². The third-order valence-electron chi connectivity index (χ3n) is 4.94. The van der Waals surface area contributed by atoms with Gasteiger partial charge in [0.2, 0.25) is 5.89 Å². The van der Waals surface area contributed by atoms with Crippen molar-refractivity contribution in [3.63, 3.8) is 0 Å². The molecule has 2 aromatic heterocycles. The van der Waals surface area contributed by atoms with E-state index >= 15 is 0 Å². The minimum Gasteiger partial charge on any atom is -0.340 e. The van der Waals surface area contributed by atoms with Crippen LogP contribution in [0.1, 0.15) is 30.3 Å². The van der Waals surface area contributed by atoms with Gasteiger partial charge < -0.3 is 14.7 Å². The van der Waals surface area contributed by atoms with Crippen LogP contribution in [0, 0.1) is 12.8 Å². The number of likely N-dealkylation sites (tertiary alicyclic amines) is 1. The zero-order valence-corrected chi connectivity index (χ0v) is 16.6. The number of rotatable bonds is 5. The van der Waals surface area contributed by atoms with E-state index in [2.05, 4.69) is 20.4 Å². The summed E-state index contributed by atoms with van der Waals surface area (Å²) in [5, 5.41) is 9.93. The normalized spacial score (nSPS) is 15.0. The number of hydrogen-bond donors (Lipinski definition) is 1. The Morgan fingerprint density at radius 1 is 1.25 bits per heavy atom. The lowest BCUT2D eigenvalue weighted by atomic mass is 9.93. The largest absolute Gasteiger partial charge is 0.340 e. The highest BCUT2D eigenvalue weighted by Gasteiger charge is 2.24. The van der Waals surface area contributed by atoms with Crippen molar-refractivity contribution >= 4 is 17.4 Å².